The summed E-state index contributed by atoms with van der Waals surface area (Å²) >= 11 is 0. The summed E-state index contributed by atoms with van der Waals surface area (Å²) in [7, 11) is 0. The Balaban J connectivity index is 0.00000341. The summed E-state index contributed by atoms with van der Waals surface area (Å²) in [6, 6.07) is 16.1. The lowest BCUT2D eigenvalue weighted by Crippen LogP contribution is -2.48. The van der Waals surface area contributed by atoms with Crippen LogP contribution in [0.1, 0.15) is 37.8 Å². The topological polar surface area (TPSA) is 48.9 Å². The molecular weight excluding hydrogens is 506 g/mol. The predicted octanol–water partition coefficient (Wildman–Crippen LogP) is 4.56. The normalized spacial score (nSPS) is 15.3. The largest absolute Gasteiger partial charge is 0.491 e. The third kappa shape index (κ3) is 8.29. The Morgan fingerprint density at radius 1 is 1.10 bits per heavy atom. The monoisotopic (exact) mass is 540 g/mol. The molecule has 0 aromatic heterocycles. The Labute approximate surface area is 202 Å². The second-order valence-electron chi connectivity index (χ2n) is 7.57. The van der Waals surface area contributed by atoms with Gasteiger partial charge >= 0.3 is 0 Å². The molecule has 0 radical (unpaired) electrons. The Hall–Kier alpha value is -1.87. The van der Waals surface area contributed by atoms with Gasteiger partial charge in [-0.2, -0.15) is 0 Å². The van der Waals surface area contributed by atoms with Crippen LogP contribution in [0.15, 0.2) is 53.5 Å². The molecule has 0 saturated carbocycles. The van der Waals surface area contributed by atoms with Gasteiger partial charge in [-0.25, -0.2) is 9.38 Å². The molecule has 0 spiro atoms. The maximum Gasteiger partial charge on any atom is 0.191 e. The molecule has 0 unspecified atom stereocenters. The summed E-state index contributed by atoms with van der Waals surface area (Å²) in [4.78, 5) is 7.15. The molecule has 0 atom stereocenters. The summed E-state index contributed by atoms with van der Waals surface area (Å²) in [5.74, 6) is 0.735. The number of piperidine rings is 1. The van der Waals surface area contributed by atoms with Crippen LogP contribution in [0.4, 0.5) is 4.39 Å². The van der Waals surface area contributed by atoms with Crippen molar-refractivity contribution in [3.05, 3.63) is 65.5 Å². The molecule has 170 valence electrons. The molecular formula is C24H34FIN4O. The van der Waals surface area contributed by atoms with Gasteiger partial charge in [0.1, 0.15) is 0 Å². The number of hydrogen-bond acceptors (Lipinski definition) is 3. The summed E-state index contributed by atoms with van der Waals surface area (Å²) in [6.07, 6.45) is 2.16. The van der Waals surface area contributed by atoms with Crippen LogP contribution < -0.4 is 15.4 Å². The van der Waals surface area contributed by atoms with Crippen molar-refractivity contribution in [2.24, 2.45) is 4.99 Å². The van der Waals surface area contributed by atoms with E-state index in [0.717, 1.165) is 50.5 Å². The summed E-state index contributed by atoms with van der Waals surface area (Å²) in [5.41, 5.74) is 2.19. The van der Waals surface area contributed by atoms with Crippen LogP contribution in [-0.2, 0) is 13.1 Å². The highest BCUT2D eigenvalue weighted by Gasteiger charge is 2.20. The smallest absolute Gasteiger partial charge is 0.191 e. The van der Waals surface area contributed by atoms with Crippen molar-refractivity contribution in [3.63, 3.8) is 0 Å². The van der Waals surface area contributed by atoms with Gasteiger partial charge in [-0.05, 0) is 49.9 Å². The molecule has 1 fully saturated rings. The van der Waals surface area contributed by atoms with E-state index in [1.807, 2.05) is 13.0 Å². The second kappa shape index (κ2) is 13.5. The number of nitrogens with one attached hydrogen (secondary N) is 2. The van der Waals surface area contributed by atoms with E-state index in [4.69, 9.17) is 4.74 Å². The maximum absolute atomic E-state index is 14.1. The fourth-order valence-electron chi connectivity index (χ4n) is 3.68. The van der Waals surface area contributed by atoms with Crippen molar-refractivity contribution in [1.82, 2.24) is 15.5 Å². The molecule has 0 aliphatic carbocycles. The lowest BCUT2D eigenvalue weighted by atomic mass is 10.0. The van der Waals surface area contributed by atoms with Gasteiger partial charge in [0, 0.05) is 32.2 Å². The van der Waals surface area contributed by atoms with Crippen molar-refractivity contribution in [1.29, 1.82) is 0 Å². The highest BCUT2D eigenvalue weighted by molar-refractivity contribution is 14.0. The van der Waals surface area contributed by atoms with Gasteiger partial charge in [0.05, 0.1) is 13.2 Å². The highest BCUT2D eigenvalue weighted by Crippen LogP contribution is 2.19. The molecule has 1 aliphatic heterocycles. The third-order valence-corrected chi connectivity index (χ3v) is 5.24. The van der Waals surface area contributed by atoms with Gasteiger partial charge < -0.3 is 15.4 Å². The Kier molecular flexibility index (Phi) is 11.1. The lowest BCUT2D eigenvalue weighted by Gasteiger charge is -2.33. The quantitative estimate of drug-likeness (QED) is 0.293. The SMILES string of the molecule is CCNC(=NCc1ccc(OCC)c(F)c1)NC1CCN(Cc2ccccc2)CC1.I. The number of halogens is 2. The predicted molar refractivity (Wildman–Crippen MR) is 136 cm³/mol. The average Bonchev–Trinajstić information content (AvgIpc) is 2.76. The fourth-order valence-corrected chi connectivity index (χ4v) is 3.68. The second-order valence-corrected chi connectivity index (χ2v) is 7.57. The fraction of sp³-hybridized carbons (Fsp3) is 0.458. The maximum atomic E-state index is 14.1. The van der Waals surface area contributed by atoms with E-state index >= 15 is 0 Å². The van der Waals surface area contributed by atoms with Crippen LogP contribution in [-0.4, -0.2) is 43.1 Å². The minimum absolute atomic E-state index is 0. The Morgan fingerprint density at radius 3 is 2.48 bits per heavy atom. The molecule has 1 saturated heterocycles. The number of likely N-dealkylation sites (tertiary alicyclic amines) is 1. The summed E-state index contributed by atoms with van der Waals surface area (Å²) < 4.78 is 19.3. The first-order valence-electron chi connectivity index (χ1n) is 10.9. The number of benzene rings is 2. The molecule has 2 aromatic rings. The lowest BCUT2D eigenvalue weighted by molar-refractivity contribution is 0.198. The zero-order valence-corrected chi connectivity index (χ0v) is 20.8. The van der Waals surface area contributed by atoms with E-state index in [1.54, 1.807) is 6.07 Å². The molecule has 7 heteroatoms. The van der Waals surface area contributed by atoms with Crippen molar-refractivity contribution in [3.8, 4) is 5.75 Å². The molecule has 0 bridgehead atoms. The highest BCUT2D eigenvalue weighted by atomic mass is 127. The number of ether oxygens (including phenoxy) is 1. The van der Waals surface area contributed by atoms with E-state index in [-0.39, 0.29) is 35.5 Å². The first-order chi connectivity index (χ1) is 14.7. The molecule has 3 rings (SSSR count). The molecule has 1 aliphatic rings. The standard InChI is InChI=1S/C24H33FN4O.HI/c1-3-26-24(27-17-20-10-11-23(30-4-2)22(25)16-20)28-21-12-14-29(15-13-21)18-19-8-6-5-7-9-19;/h5-11,16,21H,3-4,12-15,17-18H2,1-2H3,(H2,26,27,28);1H. The van der Waals surface area contributed by atoms with Crippen LogP contribution in [0.25, 0.3) is 0 Å². The number of rotatable bonds is 8. The van der Waals surface area contributed by atoms with Gasteiger partial charge in [0.15, 0.2) is 17.5 Å². The zero-order valence-electron chi connectivity index (χ0n) is 18.4. The van der Waals surface area contributed by atoms with Gasteiger partial charge in [-0.3, -0.25) is 4.90 Å². The van der Waals surface area contributed by atoms with E-state index in [9.17, 15) is 4.39 Å². The van der Waals surface area contributed by atoms with Crippen LogP contribution in [0, 0.1) is 5.82 Å². The Bertz CT molecular complexity index is 810. The molecule has 2 N–H and O–H groups in total. The number of guanidine groups is 1. The van der Waals surface area contributed by atoms with E-state index in [1.165, 1.54) is 11.6 Å². The Morgan fingerprint density at radius 2 is 1.84 bits per heavy atom. The molecule has 31 heavy (non-hydrogen) atoms. The van der Waals surface area contributed by atoms with Crippen LogP contribution in [0.3, 0.4) is 0 Å². The summed E-state index contributed by atoms with van der Waals surface area (Å²) in [6.45, 7) is 8.69. The van der Waals surface area contributed by atoms with Crippen LogP contribution in [0.5, 0.6) is 5.75 Å². The van der Waals surface area contributed by atoms with Crippen molar-refractivity contribution in [2.45, 2.75) is 45.8 Å². The van der Waals surface area contributed by atoms with E-state index in [0.29, 0.717) is 19.2 Å². The van der Waals surface area contributed by atoms with Crippen molar-refractivity contribution >= 4 is 29.9 Å². The van der Waals surface area contributed by atoms with Gasteiger partial charge in [-0.15, -0.1) is 24.0 Å². The first kappa shape index (κ1) is 25.4. The van der Waals surface area contributed by atoms with Crippen LogP contribution >= 0.6 is 24.0 Å². The van der Waals surface area contributed by atoms with Gasteiger partial charge in [0.2, 0.25) is 0 Å². The molecule has 0 amide bonds. The summed E-state index contributed by atoms with van der Waals surface area (Å²) in [5, 5.41) is 6.86. The number of aliphatic imine (C=N–C) groups is 1. The van der Waals surface area contributed by atoms with Gasteiger partial charge in [0.25, 0.3) is 0 Å². The number of nitrogens with zero attached hydrogens (tertiary/aromatic N) is 2. The van der Waals surface area contributed by atoms with Crippen molar-refractivity contribution < 1.29 is 9.13 Å². The minimum Gasteiger partial charge on any atom is -0.491 e. The van der Waals surface area contributed by atoms with Crippen molar-refractivity contribution in [2.75, 3.05) is 26.2 Å². The van der Waals surface area contributed by atoms with E-state index < -0.39 is 0 Å². The van der Waals surface area contributed by atoms with Crippen LogP contribution in [0.2, 0.25) is 0 Å². The number of hydrogen-bond donors (Lipinski definition) is 2. The minimum atomic E-state index is -0.340. The van der Waals surface area contributed by atoms with E-state index in [2.05, 4.69) is 57.8 Å². The molecule has 2 aromatic carbocycles. The van der Waals surface area contributed by atoms with Gasteiger partial charge in [-0.1, -0.05) is 36.4 Å². The zero-order chi connectivity index (χ0) is 21.2. The average molecular weight is 540 g/mol. The molecule has 5 nitrogen and oxygen atoms in total. The third-order valence-electron chi connectivity index (χ3n) is 5.24. The first-order valence-corrected chi connectivity index (χ1v) is 10.9. The molecule has 1 heterocycles.